The summed E-state index contributed by atoms with van der Waals surface area (Å²) in [4.78, 5) is 11.7. The van der Waals surface area contributed by atoms with Crippen LogP contribution in [0.15, 0.2) is 5.03 Å². The third kappa shape index (κ3) is 1.76. The van der Waals surface area contributed by atoms with Gasteiger partial charge >= 0.3 is 0 Å². The van der Waals surface area contributed by atoms with Gasteiger partial charge in [0.25, 0.3) is 0 Å². The first-order chi connectivity index (χ1) is 7.13. The third-order valence-electron chi connectivity index (χ3n) is 2.57. The number of aromatic nitrogens is 2. The predicted molar refractivity (Wildman–Crippen MR) is 61.1 cm³/mol. The van der Waals surface area contributed by atoms with E-state index in [9.17, 15) is 4.79 Å². The Hall–Kier alpha value is -0.970. The predicted octanol–water partition coefficient (Wildman–Crippen LogP) is 1.66. The van der Waals surface area contributed by atoms with Gasteiger partial charge in [0.2, 0.25) is 5.91 Å². The number of nitrogens with zero attached hydrogens (tertiary/aromatic N) is 2. The zero-order valence-corrected chi connectivity index (χ0v) is 10.0. The highest BCUT2D eigenvalue weighted by molar-refractivity contribution is 7.99. The number of hydrogen-bond acceptors (Lipinski definition) is 3. The second-order valence-electron chi connectivity index (χ2n) is 3.81. The molecule has 1 atom stereocenters. The Labute approximate surface area is 93.4 Å². The monoisotopic (exact) mass is 225 g/mol. The number of rotatable bonds is 1. The van der Waals surface area contributed by atoms with Crippen molar-refractivity contribution in [1.29, 1.82) is 0 Å². The fourth-order valence-corrected chi connectivity index (χ4v) is 2.73. The number of anilines is 1. The molecule has 0 saturated heterocycles. The number of hydrogen-bond donors (Lipinski definition) is 1. The summed E-state index contributed by atoms with van der Waals surface area (Å²) in [6.45, 7) is 4.00. The molecule has 1 N–H and O–H groups in total. The minimum Gasteiger partial charge on any atom is -0.322 e. The van der Waals surface area contributed by atoms with Gasteiger partial charge in [-0.15, -0.1) is 11.8 Å². The highest BCUT2D eigenvalue weighted by atomic mass is 32.2. The standard InChI is InChI=1S/C10H15N3OS/c1-4-7-8-10(13(3)12-7)15-5-6(2)9(14)11-8/h6H,4-5H2,1-3H3,(H,11,14). The Morgan fingerprint density at radius 2 is 2.40 bits per heavy atom. The summed E-state index contributed by atoms with van der Waals surface area (Å²) in [7, 11) is 1.92. The molecule has 15 heavy (non-hydrogen) atoms. The highest BCUT2D eigenvalue weighted by Crippen LogP contribution is 2.34. The number of carbonyl (C=O) groups excluding carboxylic acids is 1. The molecule has 0 radical (unpaired) electrons. The van der Waals surface area contributed by atoms with Crippen LogP contribution in [0.1, 0.15) is 19.5 Å². The van der Waals surface area contributed by atoms with E-state index in [2.05, 4.69) is 10.4 Å². The molecule has 1 unspecified atom stereocenters. The van der Waals surface area contributed by atoms with Crippen molar-refractivity contribution < 1.29 is 4.79 Å². The van der Waals surface area contributed by atoms with Gasteiger partial charge < -0.3 is 5.32 Å². The van der Waals surface area contributed by atoms with Crippen LogP contribution in [-0.4, -0.2) is 21.4 Å². The molecular formula is C10H15N3OS. The maximum Gasteiger partial charge on any atom is 0.228 e. The Bertz CT molecular complexity index is 400. The Balaban J connectivity index is 2.44. The van der Waals surface area contributed by atoms with Crippen molar-refractivity contribution in [3.05, 3.63) is 5.69 Å². The molecule has 2 heterocycles. The van der Waals surface area contributed by atoms with E-state index < -0.39 is 0 Å². The molecule has 4 nitrogen and oxygen atoms in total. The first-order valence-electron chi connectivity index (χ1n) is 5.13. The molecule has 5 heteroatoms. The van der Waals surface area contributed by atoms with Crippen LogP contribution in [0.2, 0.25) is 0 Å². The van der Waals surface area contributed by atoms with Crippen LogP contribution in [-0.2, 0) is 18.3 Å². The summed E-state index contributed by atoms with van der Waals surface area (Å²) < 4.78 is 1.86. The highest BCUT2D eigenvalue weighted by Gasteiger charge is 2.25. The van der Waals surface area contributed by atoms with Crippen LogP contribution >= 0.6 is 11.8 Å². The average molecular weight is 225 g/mol. The molecule has 0 fully saturated rings. The lowest BCUT2D eigenvalue weighted by atomic mass is 10.2. The summed E-state index contributed by atoms with van der Waals surface area (Å²) in [5.41, 5.74) is 1.89. The maximum atomic E-state index is 11.7. The van der Waals surface area contributed by atoms with Crippen LogP contribution in [0.4, 0.5) is 5.69 Å². The summed E-state index contributed by atoms with van der Waals surface area (Å²) in [5.74, 6) is 0.984. The lowest BCUT2D eigenvalue weighted by molar-refractivity contribution is -0.118. The van der Waals surface area contributed by atoms with E-state index in [1.165, 1.54) is 0 Å². The Morgan fingerprint density at radius 1 is 1.67 bits per heavy atom. The molecule has 0 aromatic carbocycles. The first kappa shape index (κ1) is 10.5. The molecule has 0 spiro atoms. The van der Waals surface area contributed by atoms with E-state index in [0.29, 0.717) is 0 Å². The average Bonchev–Trinajstić information content (AvgIpc) is 2.42. The molecule has 1 amide bonds. The lowest BCUT2D eigenvalue weighted by Crippen LogP contribution is -2.20. The van der Waals surface area contributed by atoms with E-state index in [1.54, 1.807) is 11.8 Å². The molecule has 1 aliphatic rings. The molecule has 0 bridgehead atoms. The Kier molecular flexibility index (Phi) is 2.73. The van der Waals surface area contributed by atoms with Crippen molar-refractivity contribution >= 4 is 23.4 Å². The van der Waals surface area contributed by atoms with Crippen molar-refractivity contribution in [3.63, 3.8) is 0 Å². The van der Waals surface area contributed by atoms with Gasteiger partial charge in [0.1, 0.15) is 5.03 Å². The lowest BCUT2D eigenvalue weighted by Gasteiger charge is -2.05. The molecule has 82 valence electrons. The van der Waals surface area contributed by atoms with E-state index in [0.717, 1.165) is 28.6 Å². The van der Waals surface area contributed by atoms with Gasteiger partial charge in [0.15, 0.2) is 0 Å². The van der Waals surface area contributed by atoms with Gasteiger partial charge in [0, 0.05) is 18.7 Å². The fraction of sp³-hybridized carbons (Fsp3) is 0.600. The normalized spacial score (nSPS) is 20.7. The summed E-state index contributed by atoms with van der Waals surface area (Å²) >= 11 is 1.70. The van der Waals surface area contributed by atoms with Gasteiger partial charge in [-0.25, -0.2) is 0 Å². The van der Waals surface area contributed by atoms with E-state index in [1.807, 2.05) is 25.6 Å². The van der Waals surface area contributed by atoms with Crippen molar-refractivity contribution in [2.45, 2.75) is 25.3 Å². The van der Waals surface area contributed by atoms with Crippen molar-refractivity contribution in [2.24, 2.45) is 13.0 Å². The topological polar surface area (TPSA) is 46.9 Å². The number of amides is 1. The number of nitrogens with one attached hydrogen (secondary N) is 1. The molecule has 2 rings (SSSR count). The van der Waals surface area contributed by atoms with Crippen molar-refractivity contribution in [3.8, 4) is 0 Å². The van der Waals surface area contributed by atoms with E-state index >= 15 is 0 Å². The van der Waals surface area contributed by atoms with Crippen LogP contribution in [0, 0.1) is 5.92 Å². The van der Waals surface area contributed by atoms with Gasteiger partial charge in [-0.1, -0.05) is 13.8 Å². The molecule has 1 aromatic rings. The van der Waals surface area contributed by atoms with Gasteiger partial charge in [-0.05, 0) is 6.42 Å². The Morgan fingerprint density at radius 3 is 3.07 bits per heavy atom. The maximum absolute atomic E-state index is 11.7. The molecular weight excluding hydrogens is 210 g/mol. The first-order valence-corrected chi connectivity index (χ1v) is 6.11. The zero-order valence-electron chi connectivity index (χ0n) is 9.20. The van der Waals surface area contributed by atoms with E-state index in [-0.39, 0.29) is 11.8 Å². The zero-order chi connectivity index (χ0) is 11.0. The van der Waals surface area contributed by atoms with Crippen LogP contribution < -0.4 is 5.32 Å². The summed E-state index contributed by atoms with van der Waals surface area (Å²) in [6, 6.07) is 0. The largest absolute Gasteiger partial charge is 0.322 e. The fourth-order valence-electron chi connectivity index (χ4n) is 1.63. The number of fused-ring (bicyclic) bond motifs is 1. The molecule has 0 saturated carbocycles. The molecule has 1 aromatic heterocycles. The van der Waals surface area contributed by atoms with Crippen molar-refractivity contribution in [2.75, 3.05) is 11.1 Å². The second kappa shape index (κ2) is 3.89. The van der Waals surface area contributed by atoms with E-state index in [4.69, 9.17) is 0 Å². The SMILES string of the molecule is CCc1nn(C)c2c1NC(=O)C(C)CS2. The van der Waals surface area contributed by atoms with Crippen molar-refractivity contribution in [1.82, 2.24) is 9.78 Å². The van der Waals surface area contributed by atoms with Crippen LogP contribution in [0.3, 0.4) is 0 Å². The summed E-state index contributed by atoms with van der Waals surface area (Å²) in [5, 5.41) is 8.44. The minimum atomic E-state index is 0.0621. The third-order valence-corrected chi connectivity index (χ3v) is 3.98. The number of carbonyl (C=O) groups is 1. The molecule has 0 aliphatic carbocycles. The second-order valence-corrected chi connectivity index (χ2v) is 4.81. The van der Waals surface area contributed by atoms with Gasteiger partial charge in [-0.2, -0.15) is 5.10 Å². The smallest absolute Gasteiger partial charge is 0.228 e. The van der Waals surface area contributed by atoms with Crippen LogP contribution in [0.25, 0.3) is 0 Å². The molecule has 1 aliphatic heterocycles. The van der Waals surface area contributed by atoms with Gasteiger partial charge in [0.05, 0.1) is 11.4 Å². The number of aryl methyl sites for hydroxylation is 2. The quantitative estimate of drug-likeness (QED) is 0.790. The minimum absolute atomic E-state index is 0.0621. The van der Waals surface area contributed by atoms with Gasteiger partial charge in [-0.3, -0.25) is 9.48 Å². The number of thioether (sulfide) groups is 1. The van der Waals surface area contributed by atoms with Crippen LogP contribution in [0.5, 0.6) is 0 Å². The summed E-state index contributed by atoms with van der Waals surface area (Å²) in [6.07, 6.45) is 0.846.